The van der Waals surface area contributed by atoms with Gasteiger partial charge in [0.1, 0.15) is 60.3 Å². The van der Waals surface area contributed by atoms with E-state index in [9.17, 15) is 19.2 Å². The molecule has 0 aromatic heterocycles. The standard InChI is InChI=1S/C68H78N2O18/c1-43-59(78-38-50-26-16-9-17-27-50)63(79-39-51-28-18-10-19-29-51)64(80-40-52-30-20-11-21-31-52)67(81-43)88-62-58(70-45(3)72)66(84-54-34-32-53(75-6)33-35-54)86-56(42-77-37-49-24-14-8-15-25-49)60(62)87-68-65(83-47(5)74)61(82-46(4)73)57(69-44(2)71)55(85-68)41-76-36-48-22-12-7-13-23-48/h7-35,43,55-68H,36-42H2,1-6H3,(H,69,71)(H,70,72)/t43-,55+,56+,57-,58+,59+,60+,61-,62+,63+,64-,65+,66+,67-,68-/m0/s1. The Morgan fingerprint density at radius 1 is 0.398 bits per heavy atom. The summed E-state index contributed by atoms with van der Waals surface area (Å²) < 4.78 is 93.6. The van der Waals surface area contributed by atoms with Crippen molar-refractivity contribution in [3.05, 3.63) is 204 Å². The second-order valence-corrected chi connectivity index (χ2v) is 21.7. The molecule has 3 fully saturated rings. The quantitative estimate of drug-likeness (QED) is 0.0443. The Hall–Kier alpha value is -7.60. The average Bonchev–Trinajstić information content (AvgIpc) is 1.13. The van der Waals surface area contributed by atoms with E-state index >= 15 is 0 Å². The maximum Gasteiger partial charge on any atom is 0.303 e. The summed E-state index contributed by atoms with van der Waals surface area (Å²) in [4.78, 5) is 53.6. The molecule has 0 aliphatic carbocycles. The second-order valence-electron chi connectivity index (χ2n) is 21.7. The van der Waals surface area contributed by atoms with Crippen LogP contribution in [0.15, 0.2) is 176 Å². The van der Waals surface area contributed by atoms with E-state index in [-0.39, 0.29) is 46.2 Å². The fraction of sp³-hybridized carbons (Fsp3) is 0.412. The van der Waals surface area contributed by atoms with Gasteiger partial charge in [0.15, 0.2) is 24.8 Å². The maximum atomic E-state index is 13.9. The molecule has 3 aliphatic heterocycles. The van der Waals surface area contributed by atoms with Crippen molar-refractivity contribution in [2.45, 2.75) is 160 Å². The van der Waals surface area contributed by atoms with Crippen molar-refractivity contribution in [2.75, 3.05) is 20.3 Å². The molecule has 0 unspecified atom stereocenters. The lowest BCUT2D eigenvalue weighted by Gasteiger charge is -2.51. The highest BCUT2D eigenvalue weighted by Gasteiger charge is 2.58. The molecule has 0 saturated carbocycles. The first kappa shape index (κ1) is 64.9. The summed E-state index contributed by atoms with van der Waals surface area (Å²) in [6.07, 6.45) is -16.0. The average molecular weight is 1210 g/mol. The summed E-state index contributed by atoms with van der Waals surface area (Å²) in [5.74, 6) is -1.68. The lowest BCUT2D eigenvalue weighted by atomic mass is 9.93. The molecular weight excluding hydrogens is 1130 g/mol. The van der Waals surface area contributed by atoms with Gasteiger partial charge in [0.25, 0.3) is 0 Å². The van der Waals surface area contributed by atoms with Gasteiger partial charge in [-0.3, -0.25) is 19.2 Å². The van der Waals surface area contributed by atoms with Crippen LogP contribution >= 0.6 is 0 Å². The number of benzene rings is 6. The van der Waals surface area contributed by atoms with Crippen LogP contribution in [0.25, 0.3) is 0 Å². The molecule has 15 atom stereocenters. The van der Waals surface area contributed by atoms with Gasteiger partial charge in [0, 0.05) is 27.7 Å². The van der Waals surface area contributed by atoms with Crippen molar-refractivity contribution in [3.8, 4) is 11.5 Å². The van der Waals surface area contributed by atoms with Gasteiger partial charge in [0.2, 0.25) is 18.1 Å². The number of carbonyl (C=O) groups is 4. The number of nitrogens with one attached hydrogen (secondary N) is 2. The van der Waals surface area contributed by atoms with Crippen LogP contribution in [0.1, 0.15) is 62.4 Å². The monoisotopic (exact) mass is 1210 g/mol. The van der Waals surface area contributed by atoms with E-state index < -0.39 is 116 Å². The highest BCUT2D eigenvalue weighted by molar-refractivity contribution is 5.74. The molecule has 0 bridgehead atoms. The van der Waals surface area contributed by atoms with E-state index in [1.54, 1.807) is 31.4 Å². The van der Waals surface area contributed by atoms with E-state index in [1.165, 1.54) is 27.7 Å². The molecule has 0 radical (unpaired) electrons. The Labute approximate surface area is 513 Å². The maximum absolute atomic E-state index is 13.9. The first-order valence-corrected chi connectivity index (χ1v) is 29.4. The molecule has 2 amide bonds. The molecule has 9 rings (SSSR count). The van der Waals surface area contributed by atoms with Gasteiger partial charge in [-0.1, -0.05) is 152 Å². The molecule has 3 heterocycles. The number of hydrogen-bond donors (Lipinski definition) is 2. The molecule has 468 valence electrons. The van der Waals surface area contributed by atoms with Gasteiger partial charge in [-0.15, -0.1) is 0 Å². The van der Waals surface area contributed by atoms with Gasteiger partial charge in [-0.25, -0.2) is 0 Å². The number of amides is 2. The smallest absolute Gasteiger partial charge is 0.303 e. The molecule has 3 aliphatic rings. The third kappa shape index (κ3) is 18.5. The topological polar surface area (TPSA) is 222 Å². The van der Waals surface area contributed by atoms with Gasteiger partial charge in [-0.05, 0) is 59.0 Å². The zero-order valence-electron chi connectivity index (χ0n) is 50.2. The van der Waals surface area contributed by atoms with Crippen LogP contribution in [0.5, 0.6) is 11.5 Å². The van der Waals surface area contributed by atoms with Gasteiger partial charge in [0.05, 0.1) is 65.5 Å². The number of carbonyl (C=O) groups excluding carboxylic acids is 4. The van der Waals surface area contributed by atoms with E-state index in [0.29, 0.717) is 11.5 Å². The third-order valence-electron chi connectivity index (χ3n) is 14.9. The van der Waals surface area contributed by atoms with Gasteiger partial charge >= 0.3 is 11.9 Å². The Kier molecular flexibility index (Phi) is 24.0. The highest BCUT2D eigenvalue weighted by atomic mass is 16.8. The number of hydrogen-bond acceptors (Lipinski definition) is 18. The first-order chi connectivity index (χ1) is 42.8. The van der Waals surface area contributed by atoms with Crippen molar-refractivity contribution < 1.29 is 85.5 Å². The normalized spacial score (nSPS) is 26.9. The van der Waals surface area contributed by atoms with Crippen LogP contribution in [-0.2, 0) is 109 Å². The van der Waals surface area contributed by atoms with Crippen molar-refractivity contribution in [1.82, 2.24) is 10.6 Å². The molecule has 20 nitrogen and oxygen atoms in total. The van der Waals surface area contributed by atoms with Gasteiger partial charge < -0.3 is 76.9 Å². The molecule has 3 saturated heterocycles. The Morgan fingerprint density at radius 3 is 1.27 bits per heavy atom. The van der Waals surface area contributed by atoms with Crippen molar-refractivity contribution in [3.63, 3.8) is 0 Å². The van der Waals surface area contributed by atoms with E-state index in [1.807, 2.05) is 159 Å². The lowest BCUT2D eigenvalue weighted by Crippen LogP contribution is -2.71. The number of methoxy groups -OCH3 is 1. The van der Waals surface area contributed by atoms with E-state index in [2.05, 4.69) is 10.6 Å². The summed E-state index contributed by atoms with van der Waals surface area (Å²) >= 11 is 0. The Balaban J connectivity index is 1.17. The molecular formula is C68H78N2O18. The molecule has 6 aromatic carbocycles. The number of esters is 2. The predicted octanol–water partition coefficient (Wildman–Crippen LogP) is 8.10. The summed E-state index contributed by atoms with van der Waals surface area (Å²) in [5, 5.41) is 5.92. The lowest BCUT2D eigenvalue weighted by molar-refractivity contribution is -0.372. The molecule has 20 heteroatoms. The van der Waals surface area contributed by atoms with Crippen LogP contribution in [0.2, 0.25) is 0 Å². The Bertz CT molecular complexity index is 3080. The minimum atomic E-state index is -1.66. The minimum absolute atomic E-state index is 0.0718. The highest BCUT2D eigenvalue weighted by Crippen LogP contribution is 2.38. The minimum Gasteiger partial charge on any atom is -0.497 e. The second kappa shape index (κ2) is 32.6. The van der Waals surface area contributed by atoms with Crippen LogP contribution in [0.4, 0.5) is 0 Å². The summed E-state index contributed by atoms with van der Waals surface area (Å²) in [7, 11) is 1.55. The summed E-state index contributed by atoms with van der Waals surface area (Å²) in [5.41, 5.74) is 4.33. The van der Waals surface area contributed by atoms with E-state index in [4.69, 9.17) is 66.3 Å². The predicted molar refractivity (Wildman–Crippen MR) is 319 cm³/mol. The summed E-state index contributed by atoms with van der Waals surface area (Å²) in [6.45, 7) is 7.14. The zero-order valence-corrected chi connectivity index (χ0v) is 50.2. The number of ether oxygens (including phenoxy) is 14. The Morgan fingerprint density at radius 2 is 0.795 bits per heavy atom. The molecule has 6 aromatic rings. The van der Waals surface area contributed by atoms with Crippen LogP contribution < -0.4 is 20.1 Å². The van der Waals surface area contributed by atoms with E-state index in [0.717, 1.165) is 27.8 Å². The van der Waals surface area contributed by atoms with Crippen molar-refractivity contribution in [2.24, 2.45) is 0 Å². The van der Waals surface area contributed by atoms with Crippen molar-refractivity contribution in [1.29, 1.82) is 0 Å². The first-order valence-electron chi connectivity index (χ1n) is 29.4. The molecule has 2 N–H and O–H groups in total. The van der Waals surface area contributed by atoms with Crippen LogP contribution in [0, 0.1) is 0 Å². The largest absolute Gasteiger partial charge is 0.497 e. The fourth-order valence-corrected chi connectivity index (χ4v) is 10.9. The van der Waals surface area contributed by atoms with Crippen LogP contribution in [0.3, 0.4) is 0 Å². The zero-order chi connectivity index (χ0) is 61.8. The fourth-order valence-electron chi connectivity index (χ4n) is 10.9. The van der Waals surface area contributed by atoms with Crippen LogP contribution in [-0.4, -0.2) is 136 Å². The SMILES string of the molecule is COc1ccc(O[C@@H]2O[C@H](COCc3ccccc3)[C@@H](O[C@@H]3O[C@H](COCc4ccccc4)[C@H](NC(C)=O)[C@H](OC(C)=O)[C@H]3OC(C)=O)[C@H](O[C@@H]3O[C@@H](C)[C@@H](OCc4ccccc4)[C@@H](OCc4ccccc4)[C@@H]3OCc3ccccc3)[C@H]2NC(C)=O)cc1. The number of rotatable bonds is 28. The summed E-state index contributed by atoms with van der Waals surface area (Å²) in [6, 6.07) is 52.3. The van der Waals surface area contributed by atoms with Crippen molar-refractivity contribution >= 4 is 23.8 Å². The third-order valence-corrected chi connectivity index (χ3v) is 14.9. The van der Waals surface area contributed by atoms with Gasteiger partial charge in [-0.2, -0.15) is 0 Å². The molecule has 88 heavy (non-hydrogen) atoms. The molecule has 0 spiro atoms.